The standard InChI is InChI=1S/C22H27N9O/c1-4-14(29-20-17(18(23)26-10-25-3)19(24)27-11-28-20)21-30-15-7-5-6-12(2)16(15)22(32)31(21)13-8-9-13/h5-7,10-11,13-14H,4,8-9H2,1-3H3,(H2,23,25,26)(H3,24,27,28,29). The van der Waals surface area contributed by atoms with Gasteiger partial charge in [0.2, 0.25) is 0 Å². The van der Waals surface area contributed by atoms with Crippen LogP contribution in [0.2, 0.25) is 0 Å². The molecule has 2 heterocycles. The van der Waals surface area contributed by atoms with Crippen LogP contribution in [0.15, 0.2) is 39.3 Å². The summed E-state index contributed by atoms with van der Waals surface area (Å²) < 4.78 is 1.84. The van der Waals surface area contributed by atoms with Gasteiger partial charge in [-0.05, 0) is 37.8 Å². The molecule has 1 fully saturated rings. The van der Waals surface area contributed by atoms with E-state index in [0.29, 0.717) is 34.5 Å². The van der Waals surface area contributed by atoms with E-state index < -0.39 is 0 Å². The fraction of sp³-hybridized carbons (Fsp3) is 0.364. The van der Waals surface area contributed by atoms with Crippen LogP contribution in [0.1, 0.15) is 55.2 Å². The Morgan fingerprint density at radius 1 is 1.38 bits per heavy atom. The van der Waals surface area contributed by atoms with Gasteiger partial charge in [-0.2, -0.15) is 0 Å². The predicted molar refractivity (Wildman–Crippen MR) is 127 cm³/mol. The molecule has 0 bridgehead atoms. The molecular weight excluding hydrogens is 406 g/mol. The quantitative estimate of drug-likeness (QED) is 0.382. The van der Waals surface area contributed by atoms with E-state index in [1.807, 2.05) is 36.6 Å². The topological polar surface area (TPSA) is 149 Å². The molecule has 0 amide bonds. The van der Waals surface area contributed by atoms with Crippen LogP contribution in [-0.2, 0) is 0 Å². The first-order chi connectivity index (χ1) is 15.5. The van der Waals surface area contributed by atoms with Crippen molar-refractivity contribution in [3.63, 3.8) is 0 Å². The molecule has 1 saturated carbocycles. The number of hydrogen-bond donors (Lipinski definition) is 3. The maximum absolute atomic E-state index is 13.5. The highest BCUT2D eigenvalue weighted by atomic mass is 16.1. The number of rotatable bonds is 7. The van der Waals surface area contributed by atoms with Gasteiger partial charge in [-0.1, -0.05) is 19.1 Å². The van der Waals surface area contributed by atoms with Gasteiger partial charge >= 0.3 is 0 Å². The van der Waals surface area contributed by atoms with Gasteiger partial charge in [0, 0.05) is 13.1 Å². The van der Waals surface area contributed by atoms with Gasteiger partial charge in [0.15, 0.2) is 0 Å². The van der Waals surface area contributed by atoms with E-state index in [-0.39, 0.29) is 29.3 Å². The third-order valence-electron chi connectivity index (χ3n) is 5.55. The summed E-state index contributed by atoms with van der Waals surface area (Å²) in [4.78, 5) is 34.7. The molecule has 1 unspecified atom stereocenters. The van der Waals surface area contributed by atoms with Crippen LogP contribution in [0.4, 0.5) is 11.6 Å². The number of hydrogen-bond acceptors (Lipinski definition) is 7. The maximum Gasteiger partial charge on any atom is 0.261 e. The highest BCUT2D eigenvalue weighted by Gasteiger charge is 2.31. The van der Waals surface area contributed by atoms with Gasteiger partial charge in [0.05, 0.1) is 16.9 Å². The molecular formula is C22H27N9O. The summed E-state index contributed by atoms with van der Waals surface area (Å²) in [6, 6.07) is 5.59. The lowest BCUT2D eigenvalue weighted by Crippen LogP contribution is -2.30. The molecule has 3 aromatic rings. The van der Waals surface area contributed by atoms with E-state index in [1.165, 1.54) is 12.7 Å². The monoisotopic (exact) mass is 433 g/mol. The lowest BCUT2D eigenvalue weighted by Gasteiger charge is -2.23. The maximum atomic E-state index is 13.5. The normalized spacial score (nSPS) is 15.4. The number of anilines is 2. The van der Waals surface area contributed by atoms with Gasteiger partial charge < -0.3 is 16.8 Å². The second-order valence-corrected chi connectivity index (χ2v) is 7.82. The van der Waals surface area contributed by atoms with Crippen LogP contribution in [0, 0.1) is 6.92 Å². The number of benzene rings is 1. The molecule has 10 nitrogen and oxygen atoms in total. The number of nitrogen functional groups attached to an aromatic ring is 1. The van der Waals surface area contributed by atoms with Gasteiger partial charge in [-0.25, -0.2) is 19.9 Å². The molecule has 2 aromatic heterocycles. The van der Waals surface area contributed by atoms with Crippen molar-refractivity contribution in [1.29, 1.82) is 0 Å². The smallest absolute Gasteiger partial charge is 0.261 e. The molecule has 1 aliphatic carbocycles. The van der Waals surface area contributed by atoms with E-state index in [0.717, 1.165) is 18.4 Å². The number of aliphatic imine (C=N–C) groups is 2. The summed E-state index contributed by atoms with van der Waals surface area (Å²) in [7, 11) is 1.60. The van der Waals surface area contributed by atoms with Crippen molar-refractivity contribution >= 4 is 34.7 Å². The van der Waals surface area contributed by atoms with Gasteiger partial charge in [0.25, 0.3) is 5.56 Å². The van der Waals surface area contributed by atoms with Crippen LogP contribution >= 0.6 is 0 Å². The molecule has 0 saturated heterocycles. The van der Waals surface area contributed by atoms with E-state index in [9.17, 15) is 4.79 Å². The second-order valence-electron chi connectivity index (χ2n) is 7.82. The first-order valence-electron chi connectivity index (χ1n) is 10.6. The zero-order valence-electron chi connectivity index (χ0n) is 18.4. The zero-order chi connectivity index (χ0) is 22.8. The van der Waals surface area contributed by atoms with Crippen molar-refractivity contribution < 1.29 is 0 Å². The SMILES string of the molecule is CCC(Nc1ncnc(N)c1C(N)=NC=NC)c1nc2cccc(C)c2c(=O)n1C1CC1. The minimum absolute atomic E-state index is 0.00601. The second kappa shape index (κ2) is 8.74. The first kappa shape index (κ1) is 21.4. The first-order valence-corrected chi connectivity index (χ1v) is 10.6. The third kappa shape index (κ3) is 3.91. The molecule has 5 N–H and O–H groups in total. The number of amidine groups is 1. The lowest BCUT2D eigenvalue weighted by molar-refractivity contribution is 0.578. The van der Waals surface area contributed by atoms with E-state index in [1.54, 1.807) is 7.05 Å². The van der Waals surface area contributed by atoms with Crippen molar-refractivity contribution in [2.24, 2.45) is 15.7 Å². The Kier molecular flexibility index (Phi) is 5.85. The van der Waals surface area contributed by atoms with Gasteiger partial charge in [-0.15, -0.1) is 0 Å². The van der Waals surface area contributed by atoms with Crippen molar-refractivity contribution in [2.75, 3.05) is 18.1 Å². The minimum atomic E-state index is -0.297. The molecule has 1 aromatic carbocycles. The van der Waals surface area contributed by atoms with Gasteiger partial charge in [0.1, 0.15) is 41.5 Å². The number of fused-ring (bicyclic) bond motifs is 1. The Morgan fingerprint density at radius 2 is 2.16 bits per heavy atom. The third-order valence-corrected chi connectivity index (χ3v) is 5.55. The van der Waals surface area contributed by atoms with Crippen molar-refractivity contribution in [3.8, 4) is 0 Å². The van der Waals surface area contributed by atoms with E-state index in [2.05, 4.69) is 25.3 Å². The average Bonchev–Trinajstić information content (AvgIpc) is 3.60. The Bertz CT molecular complexity index is 1270. The summed E-state index contributed by atoms with van der Waals surface area (Å²) in [6.07, 6.45) is 5.28. The molecule has 166 valence electrons. The number of nitrogens with two attached hydrogens (primary N) is 2. The van der Waals surface area contributed by atoms with Crippen molar-refractivity contribution in [3.05, 3.63) is 51.8 Å². The number of nitrogens with zero attached hydrogens (tertiary/aromatic N) is 6. The molecule has 1 aliphatic rings. The minimum Gasteiger partial charge on any atom is -0.383 e. The summed E-state index contributed by atoms with van der Waals surface area (Å²) in [5.41, 5.74) is 14.2. The molecule has 4 rings (SSSR count). The number of aromatic nitrogens is 4. The van der Waals surface area contributed by atoms with Crippen molar-refractivity contribution in [2.45, 2.75) is 45.2 Å². The van der Waals surface area contributed by atoms with Gasteiger partial charge in [-0.3, -0.25) is 14.4 Å². The molecule has 0 radical (unpaired) electrons. The Morgan fingerprint density at radius 3 is 2.84 bits per heavy atom. The van der Waals surface area contributed by atoms with Crippen LogP contribution in [-0.4, -0.2) is 38.7 Å². The molecule has 0 spiro atoms. The molecule has 10 heteroatoms. The van der Waals surface area contributed by atoms with Crippen LogP contribution in [0.25, 0.3) is 10.9 Å². The highest BCUT2D eigenvalue weighted by Crippen LogP contribution is 2.37. The summed E-state index contributed by atoms with van der Waals surface area (Å²) in [5, 5.41) is 4.05. The number of nitrogens with one attached hydrogen (secondary N) is 1. The summed E-state index contributed by atoms with van der Waals surface area (Å²) in [5.74, 6) is 1.44. The Hall–Kier alpha value is -3.82. The average molecular weight is 434 g/mol. The molecule has 0 aliphatic heterocycles. The number of aryl methyl sites for hydroxylation is 1. The summed E-state index contributed by atoms with van der Waals surface area (Å²) >= 11 is 0. The van der Waals surface area contributed by atoms with Crippen LogP contribution in [0.3, 0.4) is 0 Å². The molecule has 1 atom stereocenters. The van der Waals surface area contributed by atoms with Crippen LogP contribution < -0.4 is 22.3 Å². The lowest BCUT2D eigenvalue weighted by atomic mass is 10.1. The predicted octanol–water partition coefficient (Wildman–Crippen LogP) is 2.34. The fourth-order valence-corrected chi connectivity index (χ4v) is 3.82. The molecule has 32 heavy (non-hydrogen) atoms. The largest absolute Gasteiger partial charge is 0.383 e. The zero-order valence-corrected chi connectivity index (χ0v) is 18.4. The summed E-state index contributed by atoms with van der Waals surface area (Å²) in [6.45, 7) is 3.96. The van der Waals surface area contributed by atoms with E-state index >= 15 is 0 Å². The highest BCUT2D eigenvalue weighted by molar-refractivity contribution is 6.08. The van der Waals surface area contributed by atoms with E-state index in [4.69, 9.17) is 16.5 Å². The van der Waals surface area contributed by atoms with Crippen LogP contribution in [0.5, 0.6) is 0 Å². The fourth-order valence-electron chi connectivity index (χ4n) is 3.82. The Labute approximate surface area is 185 Å². The van der Waals surface area contributed by atoms with Crippen molar-refractivity contribution in [1.82, 2.24) is 19.5 Å². The Balaban J connectivity index is 1.84.